The van der Waals surface area contributed by atoms with Crippen LogP contribution in [0, 0.1) is 5.82 Å². The summed E-state index contributed by atoms with van der Waals surface area (Å²) in [6.07, 6.45) is 0.0631. The highest BCUT2D eigenvalue weighted by atomic mass is 35.5. The molecule has 7 heteroatoms. The lowest BCUT2D eigenvalue weighted by Crippen LogP contribution is -2.23. The predicted molar refractivity (Wildman–Crippen MR) is 103 cm³/mol. The van der Waals surface area contributed by atoms with Gasteiger partial charge in [0, 0.05) is 27.8 Å². The quantitative estimate of drug-likeness (QED) is 0.619. The molecule has 0 bridgehead atoms. The Balaban J connectivity index is 1.95. The maximum atomic E-state index is 14.4. The first-order valence-electron chi connectivity index (χ1n) is 8.16. The lowest BCUT2D eigenvalue weighted by molar-refractivity contribution is -0.116. The largest absolute Gasteiger partial charge is 0.477 e. The minimum absolute atomic E-state index is 0.0631. The highest BCUT2D eigenvalue weighted by Crippen LogP contribution is 2.49. The number of aromatic carboxylic acids is 1. The molecule has 136 valence electrons. The summed E-state index contributed by atoms with van der Waals surface area (Å²) in [5.74, 6) is -2.32. The molecule has 4 rings (SSSR count). The molecule has 2 heterocycles. The number of carboxylic acid groups (broad SMARTS) is 1. The van der Waals surface area contributed by atoms with Crippen LogP contribution in [0.25, 0.3) is 11.1 Å². The number of halogens is 2. The number of fused-ring (bicyclic) bond motifs is 1. The van der Waals surface area contributed by atoms with Gasteiger partial charge in [-0.2, -0.15) is 0 Å². The zero-order valence-corrected chi connectivity index (χ0v) is 15.4. The number of anilines is 1. The first-order valence-corrected chi connectivity index (χ1v) is 9.35. The summed E-state index contributed by atoms with van der Waals surface area (Å²) in [4.78, 5) is 25.0. The molecule has 1 atom stereocenters. The second-order valence-electron chi connectivity index (χ2n) is 6.18. The normalized spacial score (nSPS) is 15.9. The van der Waals surface area contributed by atoms with Crippen LogP contribution in [0.15, 0.2) is 48.5 Å². The first-order chi connectivity index (χ1) is 13.0. The molecule has 0 saturated carbocycles. The van der Waals surface area contributed by atoms with Gasteiger partial charge in [0.15, 0.2) is 0 Å². The van der Waals surface area contributed by atoms with Crippen molar-refractivity contribution >= 4 is 40.5 Å². The second-order valence-corrected chi connectivity index (χ2v) is 7.67. The van der Waals surface area contributed by atoms with Crippen molar-refractivity contribution in [2.24, 2.45) is 0 Å². The summed E-state index contributed by atoms with van der Waals surface area (Å²) < 4.78 is 14.4. The molecule has 2 aromatic carbocycles. The number of hydrogen-bond acceptors (Lipinski definition) is 3. The fraction of sp³-hybridized carbons (Fsp3) is 0.100. The molecule has 0 saturated heterocycles. The third kappa shape index (κ3) is 3.11. The maximum Gasteiger partial charge on any atom is 0.346 e. The minimum atomic E-state index is -1.10. The van der Waals surface area contributed by atoms with Gasteiger partial charge in [-0.15, -0.1) is 11.3 Å². The van der Waals surface area contributed by atoms with Crippen molar-refractivity contribution in [3.05, 3.63) is 74.7 Å². The summed E-state index contributed by atoms with van der Waals surface area (Å²) in [7, 11) is 0. The average Bonchev–Trinajstić information content (AvgIpc) is 3.02. The zero-order chi connectivity index (χ0) is 19.1. The molecule has 1 aliphatic heterocycles. The van der Waals surface area contributed by atoms with Crippen LogP contribution in [0.4, 0.5) is 10.1 Å². The van der Waals surface area contributed by atoms with Crippen LogP contribution in [0.3, 0.4) is 0 Å². The Kier molecular flexibility index (Phi) is 4.45. The molecule has 1 aromatic heterocycles. The SMILES string of the molecule is O=C1C[C@H](c2ccccc2F)c2sc(C(=O)O)c(-c3ccc(Cl)cc3)c2N1. The van der Waals surface area contributed by atoms with Crippen molar-refractivity contribution in [1.82, 2.24) is 0 Å². The van der Waals surface area contributed by atoms with Crippen molar-refractivity contribution in [1.29, 1.82) is 0 Å². The molecule has 1 amide bonds. The van der Waals surface area contributed by atoms with E-state index in [0.717, 1.165) is 11.3 Å². The average molecular weight is 402 g/mol. The topological polar surface area (TPSA) is 66.4 Å². The molecule has 3 aromatic rings. The number of amides is 1. The van der Waals surface area contributed by atoms with Crippen LogP contribution in [0.5, 0.6) is 0 Å². The smallest absolute Gasteiger partial charge is 0.346 e. The van der Waals surface area contributed by atoms with E-state index < -0.39 is 17.7 Å². The van der Waals surface area contributed by atoms with Crippen molar-refractivity contribution < 1.29 is 19.1 Å². The van der Waals surface area contributed by atoms with E-state index in [1.165, 1.54) is 6.07 Å². The van der Waals surface area contributed by atoms with Crippen LogP contribution in [-0.2, 0) is 4.79 Å². The Bertz CT molecular complexity index is 1060. The fourth-order valence-corrected chi connectivity index (χ4v) is 4.70. The molecule has 0 aliphatic carbocycles. The molecule has 0 unspecified atom stereocenters. The van der Waals surface area contributed by atoms with Crippen LogP contribution in [0.1, 0.15) is 32.5 Å². The van der Waals surface area contributed by atoms with Crippen molar-refractivity contribution in [3.63, 3.8) is 0 Å². The van der Waals surface area contributed by atoms with Crippen LogP contribution >= 0.6 is 22.9 Å². The highest BCUT2D eigenvalue weighted by molar-refractivity contribution is 7.15. The summed E-state index contributed by atoms with van der Waals surface area (Å²) in [5, 5.41) is 13.0. The third-order valence-electron chi connectivity index (χ3n) is 4.51. The fourth-order valence-electron chi connectivity index (χ4n) is 3.34. The number of thiophene rings is 1. The molecule has 2 N–H and O–H groups in total. The van der Waals surface area contributed by atoms with E-state index in [-0.39, 0.29) is 17.2 Å². The Morgan fingerprint density at radius 2 is 1.89 bits per heavy atom. The van der Waals surface area contributed by atoms with Gasteiger partial charge in [-0.05, 0) is 29.3 Å². The van der Waals surface area contributed by atoms with E-state index >= 15 is 0 Å². The van der Waals surface area contributed by atoms with Crippen molar-refractivity contribution in [2.75, 3.05) is 5.32 Å². The number of carboxylic acids is 1. The number of carbonyl (C=O) groups excluding carboxylic acids is 1. The molecular weight excluding hydrogens is 389 g/mol. The third-order valence-corrected chi connectivity index (χ3v) is 6.06. The van der Waals surface area contributed by atoms with Gasteiger partial charge >= 0.3 is 5.97 Å². The number of benzene rings is 2. The van der Waals surface area contributed by atoms with Crippen LogP contribution in [0.2, 0.25) is 5.02 Å². The van der Waals surface area contributed by atoms with Crippen molar-refractivity contribution in [2.45, 2.75) is 12.3 Å². The molecule has 27 heavy (non-hydrogen) atoms. The van der Waals surface area contributed by atoms with Gasteiger partial charge in [0.2, 0.25) is 5.91 Å². The molecule has 4 nitrogen and oxygen atoms in total. The van der Waals surface area contributed by atoms with E-state index in [4.69, 9.17) is 11.6 Å². The van der Waals surface area contributed by atoms with Gasteiger partial charge in [0.25, 0.3) is 0 Å². The number of carbonyl (C=O) groups is 2. The Hall–Kier alpha value is -2.70. The monoisotopic (exact) mass is 401 g/mol. The first kappa shape index (κ1) is 17.7. The predicted octanol–water partition coefficient (Wildman–Crippen LogP) is 5.38. The number of rotatable bonds is 3. The van der Waals surface area contributed by atoms with E-state index in [9.17, 15) is 19.1 Å². The van der Waals surface area contributed by atoms with Crippen LogP contribution < -0.4 is 5.32 Å². The van der Waals surface area contributed by atoms with Gasteiger partial charge in [0.05, 0.1) is 5.69 Å². The maximum absolute atomic E-state index is 14.4. The van der Waals surface area contributed by atoms with Gasteiger partial charge in [0.1, 0.15) is 10.7 Å². The number of hydrogen-bond donors (Lipinski definition) is 2. The molecule has 1 aliphatic rings. The van der Waals surface area contributed by atoms with E-state index in [2.05, 4.69) is 5.32 Å². The van der Waals surface area contributed by atoms with Gasteiger partial charge in [-0.1, -0.05) is 41.9 Å². The molecular formula is C20H13ClFNO3S. The minimum Gasteiger partial charge on any atom is -0.477 e. The summed E-state index contributed by atoms with van der Waals surface area (Å²) in [5.41, 5.74) is 1.87. The summed E-state index contributed by atoms with van der Waals surface area (Å²) in [6.45, 7) is 0. The standard InChI is InChI=1S/C20H13ClFNO3S/c21-11-7-5-10(6-8-11)16-17-18(27-19(16)20(25)26)13(9-15(24)23-17)12-3-1-2-4-14(12)22/h1-8,13H,9H2,(H,23,24)(H,25,26)/t13-/m1/s1. The Morgan fingerprint density at radius 3 is 2.56 bits per heavy atom. The van der Waals surface area contributed by atoms with Crippen molar-refractivity contribution in [3.8, 4) is 11.1 Å². The summed E-state index contributed by atoms with van der Waals surface area (Å²) in [6, 6.07) is 13.0. The van der Waals surface area contributed by atoms with Gasteiger partial charge in [-0.3, -0.25) is 4.79 Å². The van der Waals surface area contributed by atoms with E-state index in [1.54, 1.807) is 42.5 Å². The zero-order valence-electron chi connectivity index (χ0n) is 13.8. The van der Waals surface area contributed by atoms with Gasteiger partial charge < -0.3 is 10.4 Å². The van der Waals surface area contributed by atoms with E-state index in [1.807, 2.05) is 0 Å². The summed E-state index contributed by atoms with van der Waals surface area (Å²) >= 11 is 7.01. The lowest BCUT2D eigenvalue weighted by atomic mass is 9.88. The Morgan fingerprint density at radius 1 is 1.19 bits per heavy atom. The Labute approximate surface area is 163 Å². The second kappa shape index (κ2) is 6.79. The van der Waals surface area contributed by atoms with Crippen LogP contribution in [-0.4, -0.2) is 17.0 Å². The molecule has 0 spiro atoms. The molecule has 0 radical (unpaired) electrons. The lowest BCUT2D eigenvalue weighted by Gasteiger charge is -2.24. The number of nitrogens with one attached hydrogen (secondary N) is 1. The van der Waals surface area contributed by atoms with E-state index in [0.29, 0.717) is 32.3 Å². The highest BCUT2D eigenvalue weighted by Gasteiger charge is 2.35. The molecule has 0 fully saturated rings. The van der Waals surface area contributed by atoms with Gasteiger partial charge in [-0.25, -0.2) is 9.18 Å².